The number of hydrogen-bond donors (Lipinski definition) is 1. The Morgan fingerprint density at radius 1 is 1.12 bits per heavy atom. The normalized spacial score (nSPS) is 22.5. The third-order valence-corrected chi connectivity index (χ3v) is 8.11. The molecule has 178 valence electrons. The molecule has 1 unspecified atom stereocenters. The molecule has 2 aromatic rings. The minimum Gasteiger partial charge on any atom is -0.354 e. The van der Waals surface area contributed by atoms with Gasteiger partial charge in [0, 0.05) is 57.3 Å². The number of rotatable bonds is 4. The summed E-state index contributed by atoms with van der Waals surface area (Å²) in [5.41, 5.74) is 8.78. The molecule has 1 amide bonds. The van der Waals surface area contributed by atoms with Crippen molar-refractivity contribution >= 4 is 23.2 Å². The van der Waals surface area contributed by atoms with Crippen molar-refractivity contribution in [2.45, 2.75) is 45.1 Å². The summed E-state index contributed by atoms with van der Waals surface area (Å²) in [5.74, 6) is 1.49. The van der Waals surface area contributed by atoms with Gasteiger partial charge in [0.1, 0.15) is 11.6 Å². The molecular weight excluding hydrogens is 418 g/mol. The summed E-state index contributed by atoms with van der Waals surface area (Å²) in [6, 6.07) is 1.96. The highest BCUT2D eigenvalue weighted by atomic mass is 16.2. The zero-order valence-electron chi connectivity index (χ0n) is 20.0. The van der Waals surface area contributed by atoms with Crippen LogP contribution in [0.5, 0.6) is 0 Å². The molecule has 1 atom stereocenters. The fourth-order valence-electron chi connectivity index (χ4n) is 5.56. The third kappa shape index (κ3) is 3.91. The van der Waals surface area contributed by atoms with Crippen molar-refractivity contribution in [1.29, 1.82) is 0 Å². The molecule has 2 fully saturated rings. The highest BCUT2D eigenvalue weighted by Crippen LogP contribution is 2.34. The van der Waals surface area contributed by atoms with Gasteiger partial charge in [0.25, 0.3) is 0 Å². The number of carbonyl (C=O) groups excluding carboxylic acids is 2. The number of likely N-dealkylation sites (tertiary alicyclic amines) is 1. The topological polar surface area (TPSA) is 100 Å². The van der Waals surface area contributed by atoms with Crippen molar-refractivity contribution in [3.05, 3.63) is 23.5 Å². The summed E-state index contributed by atoms with van der Waals surface area (Å²) in [6.45, 7) is 8.18. The highest BCUT2D eigenvalue weighted by molar-refractivity contribution is 5.86. The number of hydrogen-bond acceptors (Lipinski definition) is 7. The Kier molecular flexibility index (Phi) is 5.64. The molecule has 0 bridgehead atoms. The minimum absolute atomic E-state index is 0.00139. The minimum atomic E-state index is -0.801. The summed E-state index contributed by atoms with van der Waals surface area (Å²) < 4.78 is 1.94. The Morgan fingerprint density at radius 2 is 1.82 bits per heavy atom. The second-order valence-corrected chi connectivity index (χ2v) is 10.3. The van der Waals surface area contributed by atoms with E-state index in [1.807, 2.05) is 22.4 Å². The van der Waals surface area contributed by atoms with Crippen LogP contribution in [0.2, 0.25) is 0 Å². The maximum Gasteiger partial charge on any atom is 0.229 e. The molecule has 0 saturated carbocycles. The van der Waals surface area contributed by atoms with Gasteiger partial charge in [-0.3, -0.25) is 9.59 Å². The second-order valence-electron chi connectivity index (χ2n) is 10.3. The molecule has 9 nitrogen and oxygen atoms in total. The summed E-state index contributed by atoms with van der Waals surface area (Å²) in [7, 11) is 2.15. The van der Waals surface area contributed by atoms with Gasteiger partial charge in [-0.1, -0.05) is 0 Å². The van der Waals surface area contributed by atoms with Crippen LogP contribution in [0.4, 0.5) is 5.82 Å². The van der Waals surface area contributed by atoms with Crippen molar-refractivity contribution in [2.24, 2.45) is 17.6 Å². The fourth-order valence-corrected chi connectivity index (χ4v) is 5.56. The molecule has 2 aromatic heterocycles. The zero-order valence-corrected chi connectivity index (χ0v) is 20.0. The first-order chi connectivity index (χ1) is 15.8. The number of fused-ring (bicyclic) bond motifs is 2. The molecule has 0 aliphatic carbocycles. The average Bonchev–Trinajstić information content (AvgIpc) is 3.15. The molecule has 0 radical (unpaired) electrons. The summed E-state index contributed by atoms with van der Waals surface area (Å²) in [4.78, 5) is 36.6. The first kappa shape index (κ1) is 22.3. The van der Waals surface area contributed by atoms with E-state index in [-0.39, 0.29) is 23.5 Å². The molecule has 3 aliphatic rings. The lowest BCUT2D eigenvalue weighted by atomic mass is 9.77. The van der Waals surface area contributed by atoms with E-state index in [0.29, 0.717) is 26.2 Å². The van der Waals surface area contributed by atoms with Gasteiger partial charge in [-0.15, -0.1) is 0 Å². The van der Waals surface area contributed by atoms with Gasteiger partial charge in [0.2, 0.25) is 5.91 Å². The summed E-state index contributed by atoms with van der Waals surface area (Å²) in [5, 5.41) is 4.55. The van der Waals surface area contributed by atoms with Crippen molar-refractivity contribution in [3.63, 3.8) is 0 Å². The number of Topliss-reactive ketones (excluding diaryl/α,β-unsaturated/α-hetero) is 1. The van der Waals surface area contributed by atoms with Crippen LogP contribution in [-0.2, 0) is 22.4 Å². The van der Waals surface area contributed by atoms with Crippen molar-refractivity contribution in [2.75, 3.05) is 51.2 Å². The summed E-state index contributed by atoms with van der Waals surface area (Å²) >= 11 is 0. The van der Waals surface area contributed by atoms with Crippen LogP contribution in [0.25, 0.3) is 5.65 Å². The summed E-state index contributed by atoms with van der Waals surface area (Å²) in [6.07, 6.45) is 5.25. The zero-order chi connectivity index (χ0) is 23.3. The molecule has 3 aliphatic heterocycles. The Morgan fingerprint density at radius 3 is 2.52 bits per heavy atom. The van der Waals surface area contributed by atoms with Crippen LogP contribution < -0.4 is 10.6 Å². The number of nitrogens with zero attached hydrogens (tertiary/aromatic N) is 6. The van der Waals surface area contributed by atoms with Gasteiger partial charge in [-0.2, -0.15) is 9.61 Å². The molecule has 2 saturated heterocycles. The highest BCUT2D eigenvalue weighted by Gasteiger charge is 2.42. The van der Waals surface area contributed by atoms with Gasteiger partial charge in [-0.05, 0) is 46.1 Å². The second kappa shape index (κ2) is 8.36. The lowest BCUT2D eigenvalue weighted by molar-refractivity contribution is -0.138. The number of carbonyl (C=O) groups is 2. The molecule has 5 heterocycles. The quantitative estimate of drug-likeness (QED) is 0.729. The molecule has 33 heavy (non-hydrogen) atoms. The van der Waals surface area contributed by atoms with E-state index in [0.717, 1.165) is 55.9 Å². The SMILES string of the molecule is CC(=O)C(C)(N)C1CCN(C(=O)C2CN(c3c4c(nc5ccnn35)CCN(C)CC4)C2)CC1. The van der Waals surface area contributed by atoms with Crippen LogP contribution in [0, 0.1) is 11.8 Å². The molecular formula is C24H35N7O2. The van der Waals surface area contributed by atoms with E-state index in [2.05, 4.69) is 21.9 Å². The Balaban J connectivity index is 1.27. The molecule has 0 spiro atoms. The monoisotopic (exact) mass is 453 g/mol. The maximum atomic E-state index is 13.2. The van der Waals surface area contributed by atoms with E-state index in [4.69, 9.17) is 10.7 Å². The van der Waals surface area contributed by atoms with Crippen molar-refractivity contribution in [3.8, 4) is 0 Å². The van der Waals surface area contributed by atoms with Gasteiger partial charge in [0.05, 0.1) is 23.3 Å². The van der Waals surface area contributed by atoms with Gasteiger partial charge < -0.3 is 20.4 Å². The predicted molar refractivity (Wildman–Crippen MR) is 126 cm³/mol. The smallest absolute Gasteiger partial charge is 0.229 e. The van der Waals surface area contributed by atoms with E-state index in [1.54, 1.807) is 13.1 Å². The number of likely N-dealkylation sites (N-methyl/N-ethyl adjacent to an activating group) is 1. The molecule has 0 aromatic carbocycles. The fraction of sp³-hybridized carbons (Fsp3) is 0.667. The average molecular weight is 454 g/mol. The maximum absolute atomic E-state index is 13.2. The lowest BCUT2D eigenvalue weighted by Gasteiger charge is -2.45. The van der Waals surface area contributed by atoms with Crippen LogP contribution in [0.1, 0.15) is 37.9 Å². The standard InChI is InChI=1S/C24H35N7O2/c1-16(32)24(2,25)18-5-12-29(13-6-18)23(33)17-14-30(15-17)22-19-7-10-28(3)11-8-20(19)27-21-4-9-26-31(21)22/h4,9,17-18H,5-8,10-15,25H2,1-3H3. The number of anilines is 1. The van der Waals surface area contributed by atoms with E-state index < -0.39 is 5.54 Å². The Bertz CT molecular complexity index is 1060. The van der Waals surface area contributed by atoms with E-state index >= 15 is 0 Å². The Labute approximate surface area is 194 Å². The van der Waals surface area contributed by atoms with Crippen LogP contribution >= 0.6 is 0 Å². The first-order valence-electron chi connectivity index (χ1n) is 12.1. The Hall–Kier alpha value is -2.52. The lowest BCUT2D eigenvalue weighted by Crippen LogP contribution is -2.58. The predicted octanol–water partition coefficient (Wildman–Crippen LogP) is 0.741. The van der Waals surface area contributed by atoms with Crippen molar-refractivity contribution in [1.82, 2.24) is 24.4 Å². The number of ketones is 1. The van der Waals surface area contributed by atoms with E-state index in [1.165, 1.54) is 5.56 Å². The third-order valence-electron chi connectivity index (χ3n) is 8.11. The van der Waals surface area contributed by atoms with Crippen LogP contribution in [0.15, 0.2) is 12.3 Å². The van der Waals surface area contributed by atoms with Gasteiger partial charge in [-0.25, -0.2) is 4.98 Å². The van der Waals surface area contributed by atoms with Crippen LogP contribution in [0.3, 0.4) is 0 Å². The first-order valence-corrected chi connectivity index (χ1v) is 12.1. The molecule has 5 rings (SSSR count). The molecule has 2 N–H and O–H groups in total. The van der Waals surface area contributed by atoms with Crippen molar-refractivity contribution < 1.29 is 9.59 Å². The van der Waals surface area contributed by atoms with Gasteiger partial charge in [0.15, 0.2) is 5.65 Å². The number of piperidine rings is 1. The van der Waals surface area contributed by atoms with Gasteiger partial charge >= 0.3 is 0 Å². The molecule has 9 heteroatoms. The number of aromatic nitrogens is 3. The number of amides is 1. The largest absolute Gasteiger partial charge is 0.354 e. The van der Waals surface area contributed by atoms with E-state index in [9.17, 15) is 9.59 Å². The van der Waals surface area contributed by atoms with Crippen LogP contribution in [-0.4, -0.2) is 87.9 Å². The number of nitrogens with two attached hydrogens (primary N) is 1.